The Morgan fingerprint density at radius 1 is 1.50 bits per heavy atom. The van der Waals surface area contributed by atoms with E-state index in [1.807, 2.05) is 0 Å². The van der Waals surface area contributed by atoms with Crippen molar-refractivity contribution in [3.05, 3.63) is 28.9 Å². The molecule has 0 bridgehead atoms. The zero-order valence-corrected chi connectivity index (χ0v) is 7.98. The van der Waals surface area contributed by atoms with E-state index in [-0.39, 0.29) is 30.4 Å². The molecule has 0 fully saturated rings. The highest BCUT2D eigenvalue weighted by Gasteiger charge is 1.89. The Bertz CT molecular complexity index is 263. The van der Waals surface area contributed by atoms with E-state index >= 15 is 0 Å². The number of halogens is 2. The van der Waals surface area contributed by atoms with Crippen LogP contribution < -0.4 is 11.3 Å². The lowest BCUT2D eigenvalue weighted by atomic mass is 10.6. The third-order valence-corrected chi connectivity index (χ3v) is 1.16. The molecule has 0 amide bonds. The lowest BCUT2D eigenvalue weighted by Gasteiger charge is -1.98. The Kier molecular flexibility index (Phi) is 8.26. The lowest BCUT2D eigenvalue weighted by Crippen LogP contribution is -2.22. The van der Waals surface area contributed by atoms with Gasteiger partial charge in [-0.2, -0.15) is 0 Å². The predicted molar refractivity (Wildman–Crippen MR) is 52.0 cm³/mol. The third kappa shape index (κ3) is 3.71. The van der Waals surface area contributed by atoms with Crippen LogP contribution in [0.5, 0.6) is 0 Å². The second-order valence-corrected chi connectivity index (χ2v) is 1.90. The highest BCUT2D eigenvalue weighted by Crippen LogP contribution is 1.73. The fourth-order valence-electron chi connectivity index (χ4n) is 0.685. The Balaban J connectivity index is 0. The van der Waals surface area contributed by atoms with Gasteiger partial charge in [-0.15, -0.1) is 24.8 Å². The molecule has 12 heavy (non-hydrogen) atoms. The van der Waals surface area contributed by atoms with E-state index in [4.69, 9.17) is 5.73 Å². The zero-order valence-electron chi connectivity index (χ0n) is 6.34. The Morgan fingerprint density at radius 3 is 2.67 bits per heavy atom. The summed E-state index contributed by atoms with van der Waals surface area (Å²) in [5.74, 6) is 0. The van der Waals surface area contributed by atoms with Crippen molar-refractivity contribution in [3.63, 3.8) is 0 Å². The van der Waals surface area contributed by atoms with Crippen molar-refractivity contribution < 1.29 is 0 Å². The van der Waals surface area contributed by atoms with E-state index in [0.717, 1.165) is 0 Å². The number of nitrogens with two attached hydrogens (primary N) is 1. The molecule has 0 saturated heterocycles. The van der Waals surface area contributed by atoms with E-state index < -0.39 is 0 Å². The summed E-state index contributed by atoms with van der Waals surface area (Å²) in [4.78, 5) is 14.6. The van der Waals surface area contributed by atoms with Crippen LogP contribution in [-0.2, 0) is 6.54 Å². The first kappa shape index (κ1) is 14.0. The van der Waals surface area contributed by atoms with Gasteiger partial charge in [0.15, 0.2) is 0 Å². The van der Waals surface area contributed by atoms with Gasteiger partial charge in [-0.25, -0.2) is 4.98 Å². The average Bonchev–Trinajstić information content (AvgIpc) is 1.94. The van der Waals surface area contributed by atoms with Gasteiger partial charge in [0.05, 0.1) is 6.33 Å². The van der Waals surface area contributed by atoms with Gasteiger partial charge in [-0.3, -0.25) is 9.36 Å². The summed E-state index contributed by atoms with van der Waals surface area (Å²) >= 11 is 0. The van der Waals surface area contributed by atoms with Crippen LogP contribution in [0, 0.1) is 0 Å². The summed E-state index contributed by atoms with van der Waals surface area (Å²) in [7, 11) is 0. The molecule has 0 atom stereocenters. The highest BCUT2D eigenvalue weighted by atomic mass is 35.5. The molecule has 2 N–H and O–H groups in total. The molecule has 70 valence electrons. The molecule has 0 aliphatic heterocycles. The molecule has 0 unspecified atom stereocenters. The fourth-order valence-corrected chi connectivity index (χ4v) is 0.685. The maximum Gasteiger partial charge on any atom is 0.253 e. The maximum absolute atomic E-state index is 10.9. The van der Waals surface area contributed by atoms with Crippen LogP contribution in [0.15, 0.2) is 23.4 Å². The van der Waals surface area contributed by atoms with Gasteiger partial charge in [0.1, 0.15) is 0 Å². The second kappa shape index (κ2) is 7.09. The smallest absolute Gasteiger partial charge is 0.253 e. The summed E-state index contributed by atoms with van der Waals surface area (Å²) in [6.45, 7) is 0.998. The zero-order chi connectivity index (χ0) is 7.40. The van der Waals surface area contributed by atoms with Crippen molar-refractivity contribution in [2.24, 2.45) is 5.73 Å². The normalized spacial score (nSPS) is 8.08. The van der Waals surface area contributed by atoms with Gasteiger partial charge >= 0.3 is 0 Å². The third-order valence-electron chi connectivity index (χ3n) is 1.16. The second-order valence-electron chi connectivity index (χ2n) is 1.90. The van der Waals surface area contributed by atoms with Crippen molar-refractivity contribution in [3.8, 4) is 0 Å². The number of hydrogen-bond acceptors (Lipinski definition) is 3. The minimum atomic E-state index is -0.0551. The minimum absolute atomic E-state index is 0. The number of aromatic nitrogens is 2. The summed E-state index contributed by atoms with van der Waals surface area (Å²) in [6, 6.07) is 1.41. The van der Waals surface area contributed by atoms with Crippen LogP contribution >= 0.6 is 24.8 Å². The quantitative estimate of drug-likeness (QED) is 0.753. The van der Waals surface area contributed by atoms with Gasteiger partial charge in [0.25, 0.3) is 5.56 Å². The van der Waals surface area contributed by atoms with Gasteiger partial charge < -0.3 is 5.73 Å². The fraction of sp³-hybridized carbons (Fsp3) is 0.333. The summed E-state index contributed by atoms with van der Waals surface area (Å²) < 4.78 is 1.47. The molecular formula is C6H11Cl2N3O. The minimum Gasteiger partial charge on any atom is -0.329 e. The van der Waals surface area contributed by atoms with Gasteiger partial charge in [-0.1, -0.05) is 0 Å². The topological polar surface area (TPSA) is 60.9 Å². The molecule has 0 spiro atoms. The molecule has 1 aromatic heterocycles. The van der Waals surface area contributed by atoms with Crippen molar-refractivity contribution in [1.82, 2.24) is 9.55 Å². The van der Waals surface area contributed by atoms with Crippen molar-refractivity contribution in [1.29, 1.82) is 0 Å². The molecule has 0 aliphatic carbocycles. The van der Waals surface area contributed by atoms with Crippen LogP contribution in [0.1, 0.15) is 0 Å². The van der Waals surface area contributed by atoms with Crippen LogP contribution in [-0.4, -0.2) is 16.1 Å². The maximum atomic E-state index is 10.9. The highest BCUT2D eigenvalue weighted by molar-refractivity contribution is 5.85. The first-order chi connectivity index (χ1) is 4.84. The molecule has 4 nitrogen and oxygen atoms in total. The molecule has 0 saturated carbocycles. The number of rotatable bonds is 2. The van der Waals surface area contributed by atoms with E-state index in [0.29, 0.717) is 13.1 Å². The van der Waals surface area contributed by atoms with Crippen LogP contribution in [0.2, 0.25) is 0 Å². The van der Waals surface area contributed by atoms with E-state index in [9.17, 15) is 4.79 Å². The van der Waals surface area contributed by atoms with Gasteiger partial charge in [0.2, 0.25) is 0 Å². The predicted octanol–water partition coefficient (Wildman–Crippen LogP) is 0.0456. The van der Waals surface area contributed by atoms with Crippen molar-refractivity contribution >= 4 is 24.8 Å². The molecule has 6 heteroatoms. The Labute approximate surface area is 82.6 Å². The van der Waals surface area contributed by atoms with Crippen LogP contribution in [0.25, 0.3) is 0 Å². The van der Waals surface area contributed by atoms with Crippen LogP contribution in [0.3, 0.4) is 0 Å². The molecule has 1 heterocycles. The number of hydrogen-bond donors (Lipinski definition) is 1. The Morgan fingerprint density at radius 2 is 2.17 bits per heavy atom. The molecule has 0 aliphatic rings. The van der Waals surface area contributed by atoms with Gasteiger partial charge in [0, 0.05) is 25.4 Å². The van der Waals surface area contributed by atoms with Crippen LogP contribution in [0.4, 0.5) is 0 Å². The van der Waals surface area contributed by atoms with E-state index in [2.05, 4.69) is 4.98 Å². The standard InChI is InChI=1S/C6H9N3O.2ClH/c7-2-4-9-5-8-3-1-6(9)10;;/h1,3,5H,2,4,7H2;2*1H. The lowest BCUT2D eigenvalue weighted by molar-refractivity contribution is 0.665. The summed E-state index contributed by atoms with van der Waals surface area (Å²) in [5.41, 5.74) is 5.19. The summed E-state index contributed by atoms with van der Waals surface area (Å²) in [6.07, 6.45) is 2.95. The Hall–Kier alpha value is -0.580. The molecule has 1 rings (SSSR count). The molecular weight excluding hydrogens is 201 g/mol. The first-order valence-electron chi connectivity index (χ1n) is 3.05. The van der Waals surface area contributed by atoms with Crippen molar-refractivity contribution in [2.45, 2.75) is 6.54 Å². The van der Waals surface area contributed by atoms with Crippen molar-refractivity contribution in [2.75, 3.05) is 6.54 Å². The van der Waals surface area contributed by atoms with E-state index in [1.54, 1.807) is 0 Å². The summed E-state index contributed by atoms with van der Waals surface area (Å²) in [5, 5.41) is 0. The first-order valence-corrected chi connectivity index (χ1v) is 3.05. The monoisotopic (exact) mass is 211 g/mol. The molecule has 1 aromatic rings. The van der Waals surface area contributed by atoms with Gasteiger partial charge in [-0.05, 0) is 0 Å². The SMILES string of the molecule is Cl.Cl.NCCn1cnccc1=O. The largest absolute Gasteiger partial charge is 0.329 e. The molecule has 0 aromatic carbocycles. The van der Waals surface area contributed by atoms with E-state index in [1.165, 1.54) is 23.2 Å². The molecule has 0 radical (unpaired) electrons. The average molecular weight is 212 g/mol. The number of nitrogens with zero attached hydrogens (tertiary/aromatic N) is 2.